The van der Waals surface area contributed by atoms with Gasteiger partial charge in [-0.3, -0.25) is 9.79 Å². The zero-order chi connectivity index (χ0) is 22.0. The van der Waals surface area contributed by atoms with E-state index in [1.165, 1.54) is 11.1 Å². The number of carbonyl (C=O) groups is 2. The molecule has 2 saturated heterocycles. The van der Waals surface area contributed by atoms with E-state index in [-0.39, 0.29) is 5.60 Å². The first kappa shape index (κ1) is 23.5. The molecule has 7 heteroatoms. The van der Waals surface area contributed by atoms with Gasteiger partial charge >= 0.3 is 6.09 Å². The van der Waals surface area contributed by atoms with E-state index in [0.29, 0.717) is 25.3 Å². The molecule has 2 N–H and O–H groups in total. The highest BCUT2D eigenvalue weighted by Gasteiger charge is 2.39. The van der Waals surface area contributed by atoms with E-state index in [1.807, 2.05) is 32.3 Å². The van der Waals surface area contributed by atoms with Crippen molar-refractivity contribution >= 4 is 18.1 Å². The van der Waals surface area contributed by atoms with E-state index in [0.717, 1.165) is 48.8 Å². The van der Waals surface area contributed by atoms with Gasteiger partial charge < -0.3 is 20.1 Å². The van der Waals surface area contributed by atoms with Crippen LogP contribution in [-0.2, 0) is 4.74 Å². The number of aliphatic imine (C=N–C) groups is 1. The van der Waals surface area contributed by atoms with E-state index in [2.05, 4.69) is 16.9 Å². The van der Waals surface area contributed by atoms with Crippen LogP contribution >= 0.6 is 0 Å². The Bertz CT molecular complexity index is 779. The summed E-state index contributed by atoms with van der Waals surface area (Å²) < 4.78 is 6.18. The first-order valence-electron chi connectivity index (χ1n) is 10.1. The first-order valence-corrected chi connectivity index (χ1v) is 10.1. The molecule has 162 valence electrons. The molecular weight excluding hydrogens is 382 g/mol. The van der Waals surface area contributed by atoms with Crippen LogP contribution in [0.1, 0.15) is 41.6 Å². The number of piperidine rings is 1. The van der Waals surface area contributed by atoms with Crippen LogP contribution in [0.15, 0.2) is 53.7 Å². The monoisotopic (exact) mass is 413 g/mol. The largest absolute Gasteiger partial charge is 0.465 e. The molecule has 0 atom stereocenters. The number of ether oxygens (including phenoxy) is 1. The quantitative estimate of drug-likeness (QED) is 0.582. The first-order chi connectivity index (χ1) is 14.5. The van der Waals surface area contributed by atoms with Crippen molar-refractivity contribution in [3.8, 4) is 0 Å². The molecule has 2 aliphatic rings. The molecule has 2 fully saturated rings. The maximum Gasteiger partial charge on any atom is 0.407 e. The molecule has 0 radical (unpaired) electrons. The molecule has 2 heterocycles. The minimum absolute atomic E-state index is 0.204. The van der Waals surface area contributed by atoms with Crippen LogP contribution in [0.2, 0.25) is 0 Å². The summed E-state index contributed by atoms with van der Waals surface area (Å²) in [6, 6.07) is 7.27. The number of benzene rings is 1. The Labute approximate surface area is 178 Å². The average Bonchev–Trinajstić information content (AvgIpc) is 2.76. The van der Waals surface area contributed by atoms with E-state index in [9.17, 15) is 9.59 Å². The molecule has 7 nitrogen and oxygen atoms in total. The molecule has 0 saturated carbocycles. The summed E-state index contributed by atoms with van der Waals surface area (Å²) in [5, 5.41) is 11.8. The number of allylic oxidation sites excluding steroid dienone is 1. The predicted molar refractivity (Wildman–Crippen MR) is 118 cm³/mol. The van der Waals surface area contributed by atoms with Gasteiger partial charge in [0.1, 0.15) is 6.29 Å². The second kappa shape index (κ2) is 11.4. The summed E-state index contributed by atoms with van der Waals surface area (Å²) in [5.41, 5.74) is 3.28. The average molecular weight is 414 g/mol. The minimum atomic E-state index is -0.855. The lowest BCUT2D eigenvalue weighted by molar-refractivity contribution is -0.0911. The Hall–Kier alpha value is -2.77. The number of likely N-dealkylation sites (tertiary alicyclic amines) is 1. The maximum absolute atomic E-state index is 11.1. The maximum atomic E-state index is 11.1. The summed E-state index contributed by atoms with van der Waals surface area (Å²) >= 11 is 0. The van der Waals surface area contributed by atoms with Crippen LogP contribution < -0.4 is 5.32 Å². The van der Waals surface area contributed by atoms with Crippen molar-refractivity contribution < 1.29 is 19.4 Å². The van der Waals surface area contributed by atoms with Crippen LogP contribution in [0.25, 0.3) is 0 Å². The molecule has 0 aliphatic carbocycles. The molecule has 1 spiro atoms. The van der Waals surface area contributed by atoms with Gasteiger partial charge in [0.05, 0.1) is 17.9 Å². The predicted octanol–water partition coefficient (Wildman–Crippen LogP) is 3.52. The SMILES string of the molecule is C=CN=C(/C=C1/CCC2(CCN(C(=O)O)CC2)OC1)c1ccc(C=O)cc1.CNC. The number of carbonyl (C=O) groups excluding carboxylic acids is 1. The molecule has 0 unspecified atom stereocenters. The molecule has 1 aromatic carbocycles. The minimum Gasteiger partial charge on any atom is -0.465 e. The summed E-state index contributed by atoms with van der Waals surface area (Å²) in [6.07, 6.45) is 6.76. The number of rotatable bonds is 4. The summed E-state index contributed by atoms with van der Waals surface area (Å²) in [4.78, 5) is 27.7. The van der Waals surface area contributed by atoms with Gasteiger partial charge in [-0.05, 0) is 51.4 Å². The third-order valence-electron chi connectivity index (χ3n) is 5.32. The van der Waals surface area contributed by atoms with Crippen LogP contribution in [-0.4, -0.2) is 67.5 Å². The van der Waals surface area contributed by atoms with Crippen LogP contribution in [0, 0.1) is 0 Å². The number of amides is 1. The van der Waals surface area contributed by atoms with E-state index < -0.39 is 6.09 Å². The number of hydrogen-bond acceptors (Lipinski definition) is 5. The lowest BCUT2D eigenvalue weighted by Crippen LogP contribution is -2.49. The Morgan fingerprint density at radius 1 is 1.23 bits per heavy atom. The Morgan fingerprint density at radius 2 is 1.87 bits per heavy atom. The van der Waals surface area contributed by atoms with Crippen LogP contribution in [0.5, 0.6) is 0 Å². The highest BCUT2D eigenvalue weighted by molar-refractivity contribution is 6.09. The van der Waals surface area contributed by atoms with Gasteiger partial charge in [-0.25, -0.2) is 4.79 Å². The van der Waals surface area contributed by atoms with Gasteiger partial charge in [0.25, 0.3) is 0 Å². The molecule has 0 aromatic heterocycles. The smallest absolute Gasteiger partial charge is 0.407 e. The molecule has 1 amide bonds. The Balaban J connectivity index is 0.00000101. The van der Waals surface area contributed by atoms with Crippen molar-refractivity contribution in [3.63, 3.8) is 0 Å². The Kier molecular flexibility index (Phi) is 8.95. The van der Waals surface area contributed by atoms with Gasteiger partial charge in [0, 0.05) is 30.4 Å². The fraction of sp³-hybridized carbons (Fsp3) is 0.435. The highest BCUT2D eigenvalue weighted by atomic mass is 16.5. The van der Waals surface area contributed by atoms with Gasteiger partial charge in [0.15, 0.2) is 0 Å². The molecule has 30 heavy (non-hydrogen) atoms. The van der Waals surface area contributed by atoms with Crippen molar-refractivity contribution in [2.75, 3.05) is 33.8 Å². The van der Waals surface area contributed by atoms with E-state index in [1.54, 1.807) is 12.1 Å². The van der Waals surface area contributed by atoms with Crippen molar-refractivity contribution in [1.29, 1.82) is 0 Å². The van der Waals surface area contributed by atoms with Crippen molar-refractivity contribution in [2.45, 2.75) is 31.3 Å². The topological polar surface area (TPSA) is 91.2 Å². The number of nitrogens with one attached hydrogen (secondary N) is 1. The third kappa shape index (κ3) is 6.37. The van der Waals surface area contributed by atoms with Gasteiger partial charge in [-0.2, -0.15) is 0 Å². The number of hydrogen-bond donors (Lipinski definition) is 2. The number of aldehydes is 1. The molecule has 3 rings (SSSR count). The fourth-order valence-corrected chi connectivity index (χ4v) is 3.61. The van der Waals surface area contributed by atoms with Gasteiger partial charge in [-0.1, -0.05) is 30.8 Å². The van der Waals surface area contributed by atoms with Gasteiger partial charge in [0.2, 0.25) is 0 Å². The lowest BCUT2D eigenvalue weighted by Gasteiger charge is -2.43. The Morgan fingerprint density at radius 3 is 2.33 bits per heavy atom. The van der Waals surface area contributed by atoms with Crippen LogP contribution in [0.4, 0.5) is 4.79 Å². The molecular formula is C23H31N3O4. The van der Waals surface area contributed by atoms with Crippen molar-refractivity contribution in [1.82, 2.24) is 10.2 Å². The van der Waals surface area contributed by atoms with E-state index >= 15 is 0 Å². The second-order valence-corrected chi connectivity index (χ2v) is 7.48. The zero-order valence-corrected chi connectivity index (χ0v) is 17.8. The summed E-state index contributed by atoms with van der Waals surface area (Å²) in [7, 11) is 3.75. The lowest BCUT2D eigenvalue weighted by atomic mass is 9.83. The number of nitrogens with zero attached hydrogens (tertiary/aromatic N) is 2. The van der Waals surface area contributed by atoms with E-state index in [4.69, 9.17) is 9.84 Å². The van der Waals surface area contributed by atoms with Gasteiger partial charge in [-0.15, -0.1) is 0 Å². The summed E-state index contributed by atoms with van der Waals surface area (Å²) in [6.45, 7) is 5.27. The van der Waals surface area contributed by atoms with Crippen molar-refractivity contribution in [3.05, 3.63) is 59.8 Å². The standard InChI is InChI=1S/C21H24N2O4.C2H7N/c1-2-22-19(18-5-3-16(14-24)4-6-18)13-17-7-8-21(27-15-17)9-11-23(12-10-21)20(25)26;1-3-2/h2-6,13-14H,1,7-12,15H2,(H,25,26);3H,1-2H3/b17-13-,22-19?;. The van der Waals surface area contributed by atoms with Crippen molar-refractivity contribution in [2.24, 2.45) is 4.99 Å². The summed E-state index contributed by atoms with van der Waals surface area (Å²) in [5.74, 6) is 0. The zero-order valence-electron chi connectivity index (χ0n) is 17.8. The third-order valence-corrected chi connectivity index (χ3v) is 5.32. The molecule has 0 bridgehead atoms. The molecule has 1 aromatic rings. The second-order valence-electron chi connectivity index (χ2n) is 7.48. The van der Waals surface area contributed by atoms with Crippen LogP contribution in [0.3, 0.4) is 0 Å². The normalized spacial score (nSPS) is 19.7. The molecule has 2 aliphatic heterocycles. The fourth-order valence-electron chi connectivity index (χ4n) is 3.61. The highest BCUT2D eigenvalue weighted by Crippen LogP contribution is 2.36. The number of carboxylic acid groups (broad SMARTS) is 1.